The molecule has 0 aromatic rings. The molecule has 13 heavy (non-hydrogen) atoms. The summed E-state index contributed by atoms with van der Waals surface area (Å²) in [5.74, 6) is -1.49. The summed E-state index contributed by atoms with van der Waals surface area (Å²) in [6, 6.07) is 0. The van der Waals surface area contributed by atoms with Crippen LogP contribution in [0.2, 0.25) is 0 Å². The summed E-state index contributed by atoms with van der Waals surface area (Å²) >= 11 is 0. The molecule has 1 aliphatic rings. The van der Waals surface area contributed by atoms with Crippen LogP contribution in [-0.4, -0.2) is 35.4 Å². The van der Waals surface area contributed by atoms with E-state index in [4.69, 9.17) is 5.11 Å². The molecular weight excluding hydrogens is 187 g/mol. The molecule has 1 amide bonds. The van der Waals surface area contributed by atoms with Crippen molar-refractivity contribution in [1.82, 2.24) is 4.90 Å². The second-order valence-electron chi connectivity index (χ2n) is 3.11. The Morgan fingerprint density at radius 2 is 2.08 bits per heavy atom. The molecule has 0 aromatic heterocycles. The van der Waals surface area contributed by atoms with Gasteiger partial charge in [0.15, 0.2) is 0 Å². The van der Waals surface area contributed by atoms with Crippen LogP contribution in [0.4, 0.5) is 18.0 Å². The molecule has 1 aliphatic heterocycles. The molecule has 76 valence electrons. The first-order chi connectivity index (χ1) is 5.91. The summed E-state index contributed by atoms with van der Waals surface area (Å²) in [5.41, 5.74) is 0. The Morgan fingerprint density at radius 1 is 1.46 bits per heavy atom. The summed E-state index contributed by atoms with van der Waals surface area (Å²) in [6.07, 6.45) is -5.22. The van der Waals surface area contributed by atoms with Gasteiger partial charge in [-0.25, -0.2) is 4.79 Å². The van der Waals surface area contributed by atoms with Crippen LogP contribution in [0.15, 0.2) is 0 Å². The Bertz CT molecular complexity index is 204. The highest BCUT2D eigenvalue weighted by Crippen LogP contribution is 2.32. The first-order valence-electron chi connectivity index (χ1n) is 3.96. The number of nitrogens with zero attached hydrogens (tertiary/aromatic N) is 1. The molecule has 1 atom stereocenters. The highest BCUT2D eigenvalue weighted by atomic mass is 19.4. The quantitative estimate of drug-likeness (QED) is 0.644. The normalized spacial score (nSPS) is 24.5. The second-order valence-corrected chi connectivity index (χ2v) is 3.11. The summed E-state index contributed by atoms with van der Waals surface area (Å²) in [5, 5.41) is 8.48. The minimum atomic E-state index is -4.27. The average molecular weight is 197 g/mol. The Labute approximate surface area is 73.1 Å². The van der Waals surface area contributed by atoms with Crippen molar-refractivity contribution in [3.05, 3.63) is 0 Å². The molecule has 0 radical (unpaired) electrons. The van der Waals surface area contributed by atoms with Crippen molar-refractivity contribution in [3.8, 4) is 0 Å². The number of halogens is 3. The molecule has 0 spiro atoms. The van der Waals surface area contributed by atoms with E-state index in [2.05, 4.69) is 0 Å². The van der Waals surface area contributed by atoms with Gasteiger partial charge in [-0.3, -0.25) is 0 Å². The molecule has 6 heteroatoms. The van der Waals surface area contributed by atoms with Crippen molar-refractivity contribution in [2.24, 2.45) is 5.92 Å². The fraction of sp³-hybridized carbons (Fsp3) is 0.857. The monoisotopic (exact) mass is 197 g/mol. The van der Waals surface area contributed by atoms with E-state index < -0.39 is 24.7 Å². The largest absolute Gasteiger partial charge is 0.465 e. The third-order valence-electron chi connectivity index (χ3n) is 2.15. The molecule has 0 aromatic carbocycles. The zero-order chi connectivity index (χ0) is 10.1. The van der Waals surface area contributed by atoms with Crippen LogP contribution < -0.4 is 0 Å². The minimum Gasteiger partial charge on any atom is -0.465 e. The summed E-state index contributed by atoms with van der Waals surface area (Å²) < 4.78 is 36.5. The number of amides is 1. The number of carbonyl (C=O) groups is 1. The number of alkyl halides is 3. The van der Waals surface area contributed by atoms with Gasteiger partial charge in [-0.15, -0.1) is 0 Å². The fourth-order valence-electron chi connectivity index (χ4n) is 1.42. The van der Waals surface area contributed by atoms with Gasteiger partial charge < -0.3 is 10.0 Å². The van der Waals surface area contributed by atoms with Crippen LogP contribution in [0.1, 0.15) is 12.8 Å². The molecule has 1 saturated heterocycles. The van der Waals surface area contributed by atoms with Crippen LogP contribution in [0, 0.1) is 5.92 Å². The fourth-order valence-corrected chi connectivity index (χ4v) is 1.42. The Morgan fingerprint density at radius 3 is 2.54 bits per heavy atom. The topological polar surface area (TPSA) is 40.5 Å². The smallest absolute Gasteiger partial charge is 0.407 e. The first kappa shape index (κ1) is 10.1. The molecular formula is C7H10F3NO2. The highest BCUT2D eigenvalue weighted by Gasteiger charge is 2.42. The van der Waals surface area contributed by atoms with E-state index in [0.29, 0.717) is 0 Å². The van der Waals surface area contributed by atoms with Gasteiger partial charge in [0.25, 0.3) is 0 Å². The summed E-state index contributed by atoms with van der Waals surface area (Å²) in [6.45, 7) is -0.208. The molecule has 1 heterocycles. The van der Waals surface area contributed by atoms with Gasteiger partial charge in [0, 0.05) is 13.1 Å². The lowest BCUT2D eigenvalue weighted by atomic mass is 9.98. The molecule has 1 fully saturated rings. The second kappa shape index (κ2) is 3.43. The lowest BCUT2D eigenvalue weighted by Crippen LogP contribution is -2.43. The van der Waals surface area contributed by atoms with Gasteiger partial charge in [-0.2, -0.15) is 13.2 Å². The standard InChI is InChI=1S/C7H10F3NO2/c8-7(9,10)5-2-1-3-11(4-5)6(12)13/h5H,1-4H2,(H,12,13). The van der Waals surface area contributed by atoms with Crippen LogP contribution in [-0.2, 0) is 0 Å². The Kier molecular flexibility index (Phi) is 2.68. The van der Waals surface area contributed by atoms with Gasteiger partial charge >= 0.3 is 12.3 Å². The lowest BCUT2D eigenvalue weighted by molar-refractivity contribution is -0.184. The predicted molar refractivity (Wildman–Crippen MR) is 38.4 cm³/mol. The van der Waals surface area contributed by atoms with Crippen molar-refractivity contribution in [1.29, 1.82) is 0 Å². The Balaban J connectivity index is 2.57. The third-order valence-corrected chi connectivity index (χ3v) is 2.15. The van der Waals surface area contributed by atoms with E-state index in [1.165, 1.54) is 0 Å². The molecule has 1 rings (SSSR count). The van der Waals surface area contributed by atoms with E-state index in [1.807, 2.05) is 0 Å². The average Bonchev–Trinajstić information content (AvgIpc) is 2.03. The maximum absolute atomic E-state index is 12.2. The van der Waals surface area contributed by atoms with Crippen molar-refractivity contribution in [2.45, 2.75) is 19.0 Å². The number of hydrogen-bond acceptors (Lipinski definition) is 1. The van der Waals surface area contributed by atoms with Gasteiger partial charge in [0.2, 0.25) is 0 Å². The molecule has 0 bridgehead atoms. The van der Waals surface area contributed by atoms with E-state index in [-0.39, 0.29) is 19.4 Å². The number of hydrogen-bond donors (Lipinski definition) is 1. The third kappa shape index (κ3) is 2.50. The lowest BCUT2D eigenvalue weighted by Gasteiger charge is -2.31. The summed E-state index contributed by atoms with van der Waals surface area (Å²) in [7, 11) is 0. The molecule has 1 N–H and O–H groups in total. The first-order valence-corrected chi connectivity index (χ1v) is 3.96. The van der Waals surface area contributed by atoms with E-state index in [1.54, 1.807) is 0 Å². The predicted octanol–water partition coefficient (Wildman–Crippen LogP) is 1.94. The zero-order valence-corrected chi connectivity index (χ0v) is 6.84. The van der Waals surface area contributed by atoms with Gasteiger partial charge in [-0.05, 0) is 12.8 Å². The molecule has 3 nitrogen and oxygen atoms in total. The number of piperidine rings is 1. The van der Waals surface area contributed by atoms with Crippen LogP contribution in [0.3, 0.4) is 0 Å². The molecule has 0 aliphatic carbocycles. The Hall–Kier alpha value is -0.940. The van der Waals surface area contributed by atoms with E-state index in [0.717, 1.165) is 4.90 Å². The number of rotatable bonds is 0. The number of carboxylic acid groups (broad SMARTS) is 1. The summed E-state index contributed by atoms with van der Waals surface area (Å²) in [4.78, 5) is 11.2. The van der Waals surface area contributed by atoms with Crippen LogP contribution in [0.25, 0.3) is 0 Å². The van der Waals surface area contributed by atoms with Crippen molar-refractivity contribution in [2.75, 3.05) is 13.1 Å². The van der Waals surface area contributed by atoms with E-state index in [9.17, 15) is 18.0 Å². The van der Waals surface area contributed by atoms with Crippen LogP contribution in [0.5, 0.6) is 0 Å². The molecule has 0 saturated carbocycles. The SMILES string of the molecule is O=C(O)N1CCCC(C(F)(F)F)C1. The van der Waals surface area contributed by atoms with Gasteiger partial charge in [0.05, 0.1) is 5.92 Å². The molecule has 1 unspecified atom stereocenters. The maximum atomic E-state index is 12.2. The zero-order valence-electron chi connectivity index (χ0n) is 6.84. The maximum Gasteiger partial charge on any atom is 0.407 e. The van der Waals surface area contributed by atoms with Crippen molar-refractivity contribution < 1.29 is 23.1 Å². The minimum absolute atomic E-state index is 0.0350. The number of likely N-dealkylation sites (tertiary alicyclic amines) is 1. The van der Waals surface area contributed by atoms with Crippen LogP contribution >= 0.6 is 0 Å². The van der Waals surface area contributed by atoms with E-state index >= 15 is 0 Å². The van der Waals surface area contributed by atoms with Crippen molar-refractivity contribution >= 4 is 6.09 Å². The highest BCUT2D eigenvalue weighted by molar-refractivity contribution is 5.65. The van der Waals surface area contributed by atoms with Crippen molar-refractivity contribution in [3.63, 3.8) is 0 Å². The van der Waals surface area contributed by atoms with Gasteiger partial charge in [0.1, 0.15) is 0 Å². The van der Waals surface area contributed by atoms with Gasteiger partial charge in [-0.1, -0.05) is 0 Å².